The van der Waals surface area contributed by atoms with E-state index in [1.165, 1.54) is 0 Å². The lowest BCUT2D eigenvalue weighted by atomic mass is 9.99. The van der Waals surface area contributed by atoms with Gasteiger partial charge in [-0.3, -0.25) is 5.73 Å². The van der Waals surface area contributed by atoms with Crippen molar-refractivity contribution in [1.29, 1.82) is 0 Å². The van der Waals surface area contributed by atoms with Gasteiger partial charge in [-0.2, -0.15) is 0 Å². The Morgan fingerprint density at radius 1 is 1.38 bits per heavy atom. The standard InChI is InChI=1S/C11H14N4O/c1-16-9-5-3-2-4-8(9)11(13)6-7-14-10(12)15-11/h2-7H,13H2,1H3,(H3,12,14,15). The highest BCUT2D eigenvalue weighted by molar-refractivity contribution is 5.80. The van der Waals surface area contributed by atoms with Crippen LogP contribution in [-0.2, 0) is 5.66 Å². The molecule has 0 saturated heterocycles. The molecular weight excluding hydrogens is 204 g/mol. The lowest BCUT2D eigenvalue weighted by molar-refractivity contribution is 0.397. The second kappa shape index (κ2) is 3.86. The Kier molecular flexibility index (Phi) is 2.54. The predicted octanol–water partition coefficient (Wildman–Crippen LogP) is 0.238. The first kappa shape index (κ1) is 10.5. The highest BCUT2D eigenvalue weighted by Crippen LogP contribution is 2.30. The number of aliphatic imine (C=N–C) groups is 1. The van der Waals surface area contributed by atoms with Crippen molar-refractivity contribution in [3.63, 3.8) is 0 Å². The van der Waals surface area contributed by atoms with E-state index < -0.39 is 5.66 Å². The van der Waals surface area contributed by atoms with E-state index in [1.807, 2.05) is 24.3 Å². The summed E-state index contributed by atoms with van der Waals surface area (Å²) in [4.78, 5) is 4.19. The molecule has 0 amide bonds. The van der Waals surface area contributed by atoms with Crippen molar-refractivity contribution in [1.82, 2.24) is 5.32 Å². The Hall–Kier alpha value is -2.01. The van der Waals surface area contributed by atoms with Crippen LogP contribution in [0.25, 0.3) is 0 Å². The minimum absolute atomic E-state index is 0.288. The van der Waals surface area contributed by atoms with E-state index in [0.29, 0.717) is 5.75 Å². The van der Waals surface area contributed by atoms with Gasteiger partial charge in [0.25, 0.3) is 0 Å². The molecule has 1 atom stereocenters. The van der Waals surface area contributed by atoms with Crippen LogP contribution in [0.15, 0.2) is 41.5 Å². The van der Waals surface area contributed by atoms with Crippen LogP contribution in [0.3, 0.4) is 0 Å². The SMILES string of the molecule is COc1ccccc1C1(N)C=CNC(N)=N1. The number of hydrogen-bond acceptors (Lipinski definition) is 5. The van der Waals surface area contributed by atoms with Gasteiger partial charge in [0, 0.05) is 11.8 Å². The number of ether oxygens (including phenoxy) is 1. The number of nitrogens with zero attached hydrogens (tertiary/aromatic N) is 1. The van der Waals surface area contributed by atoms with Gasteiger partial charge in [-0.25, -0.2) is 4.99 Å². The molecule has 0 radical (unpaired) electrons. The zero-order valence-corrected chi connectivity index (χ0v) is 8.97. The second-order valence-corrected chi connectivity index (χ2v) is 3.50. The van der Waals surface area contributed by atoms with E-state index in [9.17, 15) is 0 Å². The van der Waals surface area contributed by atoms with Crippen LogP contribution in [-0.4, -0.2) is 13.1 Å². The summed E-state index contributed by atoms with van der Waals surface area (Å²) >= 11 is 0. The number of methoxy groups -OCH3 is 1. The molecule has 5 heteroatoms. The van der Waals surface area contributed by atoms with Gasteiger partial charge in [-0.05, 0) is 12.1 Å². The lowest BCUT2D eigenvalue weighted by Gasteiger charge is -2.26. The number of para-hydroxylation sites is 1. The average molecular weight is 218 g/mol. The van der Waals surface area contributed by atoms with Crippen molar-refractivity contribution in [2.45, 2.75) is 5.66 Å². The van der Waals surface area contributed by atoms with Gasteiger partial charge in [0.05, 0.1) is 7.11 Å². The molecule has 5 N–H and O–H groups in total. The van der Waals surface area contributed by atoms with Crippen molar-refractivity contribution in [3.05, 3.63) is 42.1 Å². The number of rotatable bonds is 2. The lowest BCUT2D eigenvalue weighted by Crippen LogP contribution is -2.42. The molecule has 0 saturated carbocycles. The monoisotopic (exact) mass is 218 g/mol. The molecule has 16 heavy (non-hydrogen) atoms. The molecule has 1 aromatic carbocycles. The summed E-state index contributed by atoms with van der Waals surface area (Å²) in [6.07, 6.45) is 3.41. The minimum atomic E-state index is -0.970. The first-order valence-electron chi connectivity index (χ1n) is 4.87. The molecule has 2 rings (SSSR count). The Balaban J connectivity index is 2.50. The van der Waals surface area contributed by atoms with Crippen LogP contribution in [0.2, 0.25) is 0 Å². The fourth-order valence-electron chi connectivity index (χ4n) is 1.65. The highest BCUT2D eigenvalue weighted by Gasteiger charge is 2.28. The summed E-state index contributed by atoms with van der Waals surface area (Å²) in [6, 6.07) is 7.47. The number of hydrogen-bond donors (Lipinski definition) is 3. The zero-order valence-electron chi connectivity index (χ0n) is 8.97. The number of guanidine groups is 1. The van der Waals surface area contributed by atoms with Crippen LogP contribution < -0.4 is 21.5 Å². The molecule has 84 valence electrons. The maximum absolute atomic E-state index is 6.17. The van der Waals surface area contributed by atoms with Crippen LogP contribution in [0.1, 0.15) is 5.56 Å². The van der Waals surface area contributed by atoms with E-state index >= 15 is 0 Å². The average Bonchev–Trinajstić information content (AvgIpc) is 2.29. The predicted molar refractivity (Wildman–Crippen MR) is 62.8 cm³/mol. The summed E-state index contributed by atoms with van der Waals surface area (Å²) in [5.74, 6) is 0.976. The van der Waals surface area contributed by atoms with E-state index in [1.54, 1.807) is 19.4 Å². The quantitative estimate of drug-likeness (QED) is 0.663. The molecule has 5 nitrogen and oxygen atoms in total. The van der Waals surface area contributed by atoms with Gasteiger partial charge in [0.2, 0.25) is 0 Å². The molecule has 0 bridgehead atoms. The van der Waals surface area contributed by atoms with E-state index in [0.717, 1.165) is 5.56 Å². The molecule has 1 aliphatic rings. The van der Waals surface area contributed by atoms with Gasteiger partial charge in [0.1, 0.15) is 5.75 Å². The summed E-state index contributed by atoms with van der Waals surface area (Å²) in [5.41, 5.74) is 11.6. The van der Waals surface area contributed by atoms with Crippen LogP contribution in [0.4, 0.5) is 0 Å². The van der Waals surface area contributed by atoms with Crippen molar-refractivity contribution in [2.24, 2.45) is 16.5 Å². The molecule has 1 heterocycles. The third-order valence-electron chi connectivity index (χ3n) is 2.41. The van der Waals surface area contributed by atoms with Gasteiger partial charge >= 0.3 is 0 Å². The Bertz CT molecular complexity index is 455. The smallest absolute Gasteiger partial charge is 0.195 e. The van der Waals surface area contributed by atoms with Crippen LogP contribution in [0.5, 0.6) is 5.75 Å². The maximum Gasteiger partial charge on any atom is 0.195 e. The van der Waals surface area contributed by atoms with E-state index in [2.05, 4.69) is 10.3 Å². The van der Waals surface area contributed by atoms with Crippen LogP contribution in [0, 0.1) is 0 Å². The largest absolute Gasteiger partial charge is 0.496 e. The Morgan fingerprint density at radius 3 is 2.81 bits per heavy atom. The van der Waals surface area contributed by atoms with Gasteiger partial charge < -0.3 is 15.8 Å². The fourth-order valence-corrected chi connectivity index (χ4v) is 1.65. The molecule has 1 aliphatic heterocycles. The molecule has 0 spiro atoms. The summed E-state index contributed by atoms with van der Waals surface area (Å²) in [6.45, 7) is 0. The van der Waals surface area contributed by atoms with Gasteiger partial charge in [0.15, 0.2) is 11.6 Å². The number of nitrogens with two attached hydrogens (primary N) is 2. The maximum atomic E-state index is 6.17. The number of benzene rings is 1. The van der Waals surface area contributed by atoms with Gasteiger partial charge in [-0.15, -0.1) is 0 Å². The summed E-state index contributed by atoms with van der Waals surface area (Å²) < 4.78 is 5.25. The minimum Gasteiger partial charge on any atom is -0.496 e. The summed E-state index contributed by atoms with van der Waals surface area (Å²) in [5, 5.41) is 2.77. The zero-order chi connectivity index (χ0) is 11.6. The molecule has 1 unspecified atom stereocenters. The van der Waals surface area contributed by atoms with Crippen molar-refractivity contribution < 1.29 is 4.74 Å². The molecule has 0 aliphatic carbocycles. The van der Waals surface area contributed by atoms with Crippen molar-refractivity contribution in [3.8, 4) is 5.75 Å². The first-order valence-corrected chi connectivity index (χ1v) is 4.87. The third kappa shape index (κ3) is 1.72. The topological polar surface area (TPSA) is 85.7 Å². The molecular formula is C11H14N4O. The third-order valence-corrected chi connectivity index (χ3v) is 2.41. The molecule has 0 aromatic heterocycles. The van der Waals surface area contributed by atoms with Crippen molar-refractivity contribution >= 4 is 5.96 Å². The Labute approximate surface area is 93.8 Å². The van der Waals surface area contributed by atoms with Crippen LogP contribution >= 0.6 is 0 Å². The second-order valence-electron chi connectivity index (χ2n) is 3.50. The van der Waals surface area contributed by atoms with Gasteiger partial charge in [-0.1, -0.05) is 18.2 Å². The molecule has 1 aromatic rings. The Morgan fingerprint density at radius 2 is 2.12 bits per heavy atom. The highest BCUT2D eigenvalue weighted by atomic mass is 16.5. The first-order chi connectivity index (χ1) is 7.65. The normalized spacial score (nSPS) is 23.5. The molecule has 0 fully saturated rings. The van der Waals surface area contributed by atoms with E-state index in [-0.39, 0.29) is 5.96 Å². The van der Waals surface area contributed by atoms with Crippen molar-refractivity contribution in [2.75, 3.05) is 7.11 Å². The number of nitrogens with one attached hydrogen (secondary N) is 1. The van der Waals surface area contributed by atoms with E-state index in [4.69, 9.17) is 16.2 Å². The summed E-state index contributed by atoms with van der Waals surface area (Å²) in [7, 11) is 1.60. The fraction of sp³-hybridized carbons (Fsp3) is 0.182.